The molecule has 3 heteroatoms. The minimum atomic E-state index is -0.250. The van der Waals surface area contributed by atoms with E-state index >= 15 is 0 Å². The lowest BCUT2D eigenvalue weighted by Crippen LogP contribution is -2.55. The zero-order valence-corrected chi connectivity index (χ0v) is 10.9. The van der Waals surface area contributed by atoms with Crippen LogP contribution >= 0.6 is 0 Å². The third-order valence-corrected chi connectivity index (χ3v) is 3.72. The molecule has 3 N–H and O–H groups in total. The van der Waals surface area contributed by atoms with Crippen molar-refractivity contribution in [2.45, 2.75) is 58.9 Å². The minimum absolute atomic E-state index is 0.178. The van der Waals surface area contributed by atoms with E-state index in [0.29, 0.717) is 12.5 Å². The van der Waals surface area contributed by atoms with Crippen LogP contribution in [0.1, 0.15) is 52.9 Å². The van der Waals surface area contributed by atoms with Crippen molar-refractivity contribution in [2.24, 2.45) is 17.1 Å². The van der Waals surface area contributed by atoms with Crippen molar-refractivity contribution in [3.05, 3.63) is 0 Å². The summed E-state index contributed by atoms with van der Waals surface area (Å²) >= 11 is 0. The summed E-state index contributed by atoms with van der Waals surface area (Å²) in [5.74, 6) is 0.831. The van der Waals surface area contributed by atoms with Crippen LogP contribution in [0, 0.1) is 11.3 Å². The van der Waals surface area contributed by atoms with Crippen LogP contribution in [0.15, 0.2) is 0 Å². The van der Waals surface area contributed by atoms with Crippen LogP contribution in [0.2, 0.25) is 0 Å². The van der Waals surface area contributed by atoms with E-state index < -0.39 is 0 Å². The Morgan fingerprint density at radius 1 is 1.56 bits per heavy atom. The maximum atomic E-state index is 12.1. The molecule has 0 aliphatic heterocycles. The number of unbranched alkanes of at least 4 members (excludes halogenated alkanes) is 1. The van der Waals surface area contributed by atoms with Crippen LogP contribution in [0.5, 0.6) is 0 Å². The van der Waals surface area contributed by atoms with Crippen molar-refractivity contribution in [1.82, 2.24) is 5.32 Å². The Morgan fingerprint density at radius 3 is 2.62 bits per heavy atom. The molecule has 1 aliphatic rings. The number of nitrogens with two attached hydrogens (primary N) is 1. The van der Waals surface area contributed by atoms with Gasteiger partial charge in [-0.05, 0) is 32.1 Å². The molecule has 0 heterocycles. The highest BCUT2D eigenvalue weighted by Crippen LogP contribution is 2.44. The average Bonchev–Trinajstić information content (AvgIpc) is 2.21. The van der Waals surface area contributed by atoms with E-state index in [4.69, 9.17) is 5.73 Å². The molecule has 0 aromatic carbocycles. The molecule has 0 aromatic rings. The fraction of sp³-hybridized carbons (Fsp3) is 0.923. The molecule has 1 atom stereocenters. The molecular weight excluding hydrogens is 200 g/mol. The third-order valence-electron chi connectivity index (χ3n) is 3.72. The lowest BCUT2D eigenvalue weighted by atomic mass is 9.62. The Balaban J connectivity index is 2.39. The van der Waals surface area contributed by atoms with E-state index in [-0.39, 0.29) is 17.4 Å². The largest absolute Gasteiger partial charge is 0.353 e. The second-order valence-corrected chi connectivity index (χ2v) is 5.51. The Bertz CT molecular complexity index is 234. The predicted octanol–water partition coefficient (Wildman–Crippen LogP) is 2.06. The van der Waals surface area contributed by atoms with Crippen molar-refractivity contribution >= 4 is 5.91 Å². The normalized spacial score (nSPS) is 30.6. The fourth-order valence-corrected chi connectivity index (χ4v) is 2.68. The molecule has 0 bridgehead atoms. The van der Waals surface area contributed by atoms with E-state index in [1.54, 1.807) is 0 Å². The Hall–Kier alpha value is -0.570. The standard InChI is InChI=1S/C13H26N2O/c1-4-5-6-11(3)15-12(16)13(9-14)7-10(2)8-13/h10-11H,4-9,14H2,1-3H3,(H,15,16). The van der Waals surface area contributed by atoms with Gasteiger partial charge in [-0.1, -0.05) is 26.7 Å². The second-order valence-electron chi connectivity index (χ2n) is 5.51. The van der Waals surface area contributed by atoms with E-state index in [0.717, 1.165) is 19.3 Å². The summed E-state index contributed by atoms with van der Waals surface area (Å²) in [6.45, 7) is 6.93. The van der Waals surface area contributed by atoms with E-state index in [1.807, 2.05) is 0 Å². The summed E-state index contributed by atoms with van der Waals surface area (Å²) in [5, 5.41) is 3.11. The van der Waals surface area contributed by atoms with Gasteiger partial charge in [-0.25, -0.2) is 0 Å². The third kappa shape index (κ3) is 2.97. The molecule has 1 saturated carbocycles. The molecule has 1 fully saturated rings. The average molecular weight is 226 g/mol. The molecule has 0 saturated heterocycles. The number of carbonyl (C=O) groups excluding carboxylic acids is 1. The van der Waals surface area contributed by atoms with Crippen LogP contribution in [0.3, 0.4) is 0 Å². The summed E-state index contributed by atoms with van der Waals surface area (Å²) in [6.07, 6.45) is 5.33. The van der Waals surface area contributed by atoms with Crippen LogP contribution < -0.4 is 11.1 Å². The summed E-state index contributed by atoms with van der Waals surface area (Å²) in [4.78, 5) is 12.1. The highest BCUT2D eigenvalue weighted by molar-refractivity contribution is 5.84. The van der Waals surface area contributed by atoms with Gasteiger partial charge in [0.2, 0.25) is 5.91 Å². The van der Waals surface area contributed by atoms with Gasteiger partial charge in [0.25, 0.3) is 0 Å². The number of carbonyl (C=O) groups is 1. The first-order valence-electron chi connectivity index (χ1n) is 6.55. The van der Waals surface area contributed by atoms with Crippen LogP contribution in [0.25, 0.3) is 0 Å². The zero-order valence-electron chi connectivity index (χ0n) is 10.9. The van der Waals surface area contributed by atoms with E-state index in [9.17, 15) is 4.79 Å². The Morgan fingerprint density at radius 2 is 2.19 bits per heavy atom. The predicted molar refractivity (Wildman–Crippen MR) is 67.0 cm³/mol. The van der Waals surface area contributed by atoms with Gasteiger partial charge in [-0.3, -0.25) is 4.79 Å². The molecule has 1 rings (SSSR count). The molecule has 1 unspecified atom stereocenters. The number of rotatable bonds is 6. The number of amides is 1. The lowest BCUT2D eigenvalue weighted by Gasteiger charge is -2.44. The summed E-state index contributed by atoms with van der Waals surface area (Å²) in [5.41, 5.74) is 5.50. The number of nitrogens with one attached hydrogen (secondary N) is 1. The van der Waals surface area contributed by atoms with Gasteiger partial charge in [0.05, 0.1) is 5.41 Å². The van der Waals surface area contributed by atoms with Crippen LogP contribution in [-0.4, -0.2) is 18.5 Å². The first kappa shape index (κ1) is 13.5. The maximum Gasteiger partial charge on any atom is 0.227 e. The van der Waals surface area contributed by atoms with Crippen molar-refractivity contribution in [1.29, 1.82) is 0 Å². The molecule has 3 nitrogen and oxygen atoms in total. The molecule has 94 valence electrons. The summed E-state index contributed by atoms with van der Waals surface area (Å²) in [7, 11) is 0. The molecule has 0 spiro atoms. The van der Waals surface area contributed by atoms with Crippen LogP contribution in [0.4, 0.5) is 0 Å². The summed E-state index contributed by atoms with van der Waals surface area (Å²) < 4.78 is 0. The van der Waals surface area contributed by atoms with Gasteiger partial charge < -0.3 is 11.1 Å². The molecule has 1 amide bonds. The van der Waals surface area contributed by atoms with Gasteiger partial charge in [-0.15, -0.1) is 0 Å². The monoisotopic (exact) mass is 226 g/mol. The molecular formula is C13H26N2O. The number of hydrogen-bond acceptors (Lipinski definition) is 2. The fourth-order valence-electron chi connectivity index (χ4n) is 2.68. The zero-order chi connectivity index (χ0) is 12.2. The van der Waals surface area contributed by atoms with Gasteiger partial charge in [-0.2, -0.15) is 0 Å². The molecule has 1 aliphatic carbocycles. The first-order valence-corrected chi connectivity index (χ1v) is 6.55. The van der Waals surface area contributed by atoms with Crippen molar-refractivity contribution in [2.75, 3.05) is 6.54 Å². The van der Waals surface area contributed by atoms with Gasteiger partial charge in [0.1, 0.15) is 0 Å². The van der Waals surface area contributed by atoms with Gasteiger partial charge in [0, 0.05) is 12.6 Å². The molecule has 0 aromatic heterocycles. The van der Waals surface area contributed by atoms with Crippen LogP contribution in [-0.2, 0) is 4.79 Å². The molecule has 0 radical (unpaired) electrons. The lowest BCUT2D eigenvalue weighted by molar-refractivity contribution is -0.138. The topological polar surface area (TPSA) is 55.1 Å². The van der Waals surface area contributed by atoms with E-state index in [1.165, 1.54) is 12.8 Å². The highest BCUT2D eigenvalue weighted by atomic mass is 16.2. The smallest absolute Gasteiger partial charge is 0.227 e. The second kappa shape index (κ2) is 5.67. The van der Waals surface area contributed by atoms with Crippen molar-refractivity contribution in [3.63, 3.8) is 0 Å². The number of hydrogen-bond donors (Lipinski definition) is 2. The molecule has 16 heavy (non-hydrogen) atoms. The summed E-state index contributed by atoms with van der Waals surface area (Å²) in [6, 6.07) is 0.284. The first-order chi connectivity index (χ1) is 7.54. The minimum Gasteiger partial charge on any atom is -0.353 e. The van der Waals surface area contributed by atoms with Gasteiger partial charge in [0.15, 0.2) is 0 Å². The highest BCUT2D eigenvalue weighted by Gasteiger charge is 2.47. The van der Waals surface area contributed by atoms with Gasteiger partial charge >= 0.3 is 0 Å². The van der Waals surface area contributed by atoms with E-state index in [2.05, 4.69) is 26.1 Å². The van der Waals surface area contributed by atoms with Crippen molar-refractivity contribution < 1.29 is 4.79 Å². The Labute approximate surface area is 99.2 Å². The maximum absolute atomic E-state index is 12.1. The quantitative estimate of drug-likeness (QED) is 0.728. The van der Waals surface area contributed by atoms with Crippen molar-refractivity contribution in [3.8, 4) is 0 Å². The SMILES string of the molecule is CCCCC(C)NC(=O)C1(CN)CC(C)C1. The Kier molecular flexibility index (Phi) is 4.78.